The highest BCUT2D eigenvalue weighted by Gasteiger charge is 2.21. The second kappa shape index (κ2) is 12.3. The fourth-order valence-electron chi connectivity index (χ4n) is 3.57. The van der Waals surface area contributed by atoms with Gasteiger partial charge in [-0.05, 0) is 54.4 Å². The molecule has 0 fully saturated rings. The average molecular weight is 495 g/mol. The molecule has 0 aliphatic carbocycles. The Bertz CT molecular complexity index is 1220. The summed E-state index contributed by atoms with van der Waals surface area (Å²) in [5.41, 5.74) is 1.13. The van der Waals surface area contributed by atoms with E-state index in [0.717, 1.165) is 5.56 Å². The number of ether oxygens (including phenoxy) is 4. The van der Waals surface area contributed by atoms with E-state index in [-0.39, 0.29) is 17.3 Å². The van der Waals surface area contributed by atoms with E-state index in [0.29, 0.717) is 35.2 Å². The number of furan rings is 1. The summed E-state index contributed by atoms with van der Waals surface area (Å²) in [5.74, 6) is 1.44. The molecule has 0 saturated carbocycles. The van der Waals surface area contributed by atoms with Gasteiger partial charge >= 0.3 is 0 Å². The van der Waals surface area contributed by atoms with Crippen LogP contribution in [0.4, 0.5) is 0 Å². The van der Waals surface area contributed by atoms with Crippen molar-refractivity contribution < 1.29 is 33.0 Å². The molecule has 9 nitrogen and oxygen atoms in total. The van der Waals surface area contributed by atoms with Gasteiger partial charge in [0, 0.05) is 11.6 Å². The molecule has 36 heavy (non-hydrogen) atoms. The van der Waals surface area contributed by atoms with Crippen molar-refractivity contribution in [3.63, 3.8) is 0 Å². The van der Waals surface area contributed by atoms with Crippen LogP contribution in [0.5, 0.6) is 23.0 Å². The molecule has 1 unspecified atom stereocenters. The van der Waals surface area contributed by atoms with Gasteiger partial charge in [-0.3, -0.25) is 9.59 Å². The van der Waals surface area contributed by atoms with Crippen LogP contribution in [-0.2, 0) is 4.79 Å². The Kier molecular flexibility index (Phi) is 8.99. The Morgan fingerprint density at radius 1 is 0.889 bits per heavy atom. The van der Waals surface area contributed by atoms with Gasteiger partial charge in [0.15, 0.2) is 23.0 Å². The number of rotatable bonds is 11. The Morgan fingerprint density at radius 3 is 2.11 bits per heavy atom. The van der Waals surface area contributed by atoms with Gasteiger partial charge in [-0.1, -0.05) is 13.0 Å². The minimum atomic E-state index is -0.497. The topological polar surface area (TPSA) is 108 Å². The van der Waals surface area contributed by atoms with E-state index in [9.17, 15) is 9.59 Å². The van der Waals surface area contributed by atoms with Crippen LogP contribution < -0.4 is 29.6 Å². The average Bonchev–Trinajstić information content (AvgIpc) is 3.43. The molecule has 2 amide bonds. The first-order valence-corrected chi connectivity index (χ1v) is 11.2. The van der Waals surface area contributed by atoms with Crippen LogP contribution in [0, 0.1) is 0 Å². The predicted molar refractivity (Wildman–Crippen MR) is 134 cm³/mol. The Labute approximate surface area is 210 Å². The van der Waals surface area contributed by atoms with Crippen molar-refractivity contribution in [1.29, 1.82) is 0 Å². The molecule has 0 aliphatic rings. The summed E-state index contributed by atoms with van der Waals surface area (Å²) in [6.07, 6.45) is 3.55. The van der Waals surface area contributed by atoms with Crippen LogP contribution in [0.1, 0.15) is 41.1 Å². The van der Waals surface area contributed by atoms with E-state index in [1.165, 1.54) is 32.6 Å². The van der Waals surface area contributed by atoms with Gasteiger partial charge in [-0.25, -0.2) is 0 Å². The summed E-state index contributed by atoms with van der Waals surface area (Å²) < 4.78 is 26.6. The molecule has 1 aromatic heterocycles. The van der Waals surface area contributed by atoms with E-state index in [4.69, 9.17) is 23.4 Å². The van der Waals surface area contributed by atoms with Gasteiger partial charge in [0.25, 0.3) is 11.8 Å². The first-order chi connectivity index (χ1) is 17.4. The number of methoxy groups -OCH3 is 4. The van der Waals surface area contributed by atoms with Crippen molar-refractivity contribution in [2.75, 3.05) is 28.4 Å². The van der Waals surface area contributed by atoms with Crippen molar-refractivity contribution >= 4 is 17.9 Å². The number of hydrogen-bond acceptors (Lipinski definition) is 7. The zero-order chi connectivity index (χ0) is 26.1. The van der Waals surface area contributed by atoms with E-state index in [2.05, 4.69) is 10.6 Å². The zero-order valence-corrected chi connectivity index (χ0v) is 20.9. The Balaban J connectivity index is 1.87. The summed E-state index contributed by atoms with van der Waals surface area (Å²) in [5, 5.41) is 5.67. The highest BCUT2D eigenvalue weighted by Crippen LogP contribution is 2.31. The standard InChI is InChI=1S/C27H30N2O7/c1-6-20(17-9-11-22(32-2)24(14-17)34-4)28-27(31)21(16-19-8-7-13-36-19)29-26(30)18-10-12-23(33-3)25(15-18)35-5/h7-16,20H,6H2,1-5H3,(H,28,31)(H,29,30)/b21-16-. The van der Waals surface area contributed by atoms with Crippen molar-refractivity contribution in [2.24, 2.45) is 0 Å². The van der Waals surface area contributed by atoms with Crippen molar-refractivity contribution in [3.8, 4) is 23.0 Å². The third kappa shape index (κ3) is 6.18. The van der Waals surface area contributed by atoms with Gasteiger partial charge in [0.1, 0.15) is 11.5 Å². The van der Waals surface area contributed by atoms with Crippen LogP contribution in [0.15, 0.2) is 64.9 Å². The van der Waals surface area contributed by atoms with Gasteiger partial charge in [0.05, 0.1) is 40.7 Å². The number of amides is 2. The lowest BCUT2D eigenvalue weighted by atomic mass is 10.0. The van der Waals surface area contributed by atoms with Crippen molar-refractivity contribution in [2.45, 2.75) is 19.4 Å². The lowest BCUT2D eigenvalue weighted by Gasteiger charge is -2.20. The fourth-order valence-corrected chi connectivity index (χ4v) is 3.57. The highest BCUT2D eigenvalue weighted by molar-refractivity contribution is 6.05. The van der Waals surface area contributed by atoms with Gasteiger partial charge in [-0.2, -0.15) is 0 Å². The maximum Gasteiger partial charge on any atom is 0.268 e. The monoisotopic (exact) mass is 494 g/mol. The number of hydrogen-bond donors (Lipinski definition) is 2. The van der Waals surface area contributed by atoms with Gasteiger partial charge in [-0.15, -0.1) is 0 Å². The van der Waals surface area contributed by atoms with Crippen LogP contribution in [-0.4, -0.2) is 40.3 Å². The molecule has 3 aromatic rings. The zero-order valence-electron chi connectivity index (χ0n) is 20.9. The molecule has 1 heterocycles. The lowest BCUT2D eigenvalue weighted by Crippen LogP contribution is -2.36. The largest absolute Gasteiger partial charge is 0.493 e. The molecule has 0 aliphatic heterocycles. The molecule has 0 radical (unpaired) electrons. The maximum absolute atomic E-state index is 13.3. The second-order valence-corrected chi connectivity index (χ2v) is 7.65. The van der Waals surface area contributed by atoms with Crippen LogP contribution in [0.2, 0.25) is 0 Å². The fraction of sp³-hybridized carbons (Fsp3) is 0.259. The molecule has 1 atom stereocenters. The van der Waals surface area contributed by atoms with Gasteiger partial charge in [0.2, 0.25) is 0 Å². The van der Waals surface area contributed by atoms with Crippen LogP contribution >= 0.6 is 0 Å². The van der Waals surface area contributed by atoms with E-state index >= 15 is 0 Å². The van der Waals surface area contributed by atoms with E-state index < -0.39 is 11.8 Å². The third-order valence-electron chi connectivity index (χ3n) is 5.49. The molecule has 9 heteroatoms. The minimum Gasteiger partial charge on any atom is -0.493 e. The third-order valence-corrected chi connectivity index (χ3v) is 5.49. The highest BCUT2D eigenvalue weighted by atomic mass is 16.5. The molecule has 2 aromatic carbocycles. The second-order valence-electron chi connectivity index (χ2n) is 7.65. The first kappa shape index (κ1) is 26.2. The number of carbonyl (C=O) groups is 2. The molecule has 3 rings (SSSR count). The Hall–Kier alpha value is -4.40. The molecular formula is C27H30N2O7. The summed E-state index contributed by atoms with van der Waals surface area (Å²) in [6, 6.07) is 13.2. The maximum atomic E-state index is 13.3. The predicted octanol–water partition coefficient (Wildman–Crippen LogP) is 4.35. The minimum absolute atomic E-state index is 0.0173. The molecule has 0 bridgehead atoms. The SMILES string of the molecule is CCC(NC(=O)/C(=C/c1ccco1)NC(=O)c1ccc(OC)c(OC)c1)c1ccc(OC)c(OC)c1. The van der Waals surface area contributed by atoms with Crippen molar-refractivity contribution in [1.82, 2.24) is 10.6 Å². The number of nitrogens with one attached hydrogen (secondary N) is 2. The quantitative estimate of drug-likeness (QED) is 0.382. The first-order valence-electron chi connectivity index (χ1n) is 11.2. The number of benzene rings is 2. The molecule has 2 N–H and O–H groups in total. The molecule has 0 saturated heterocycles. The van der Waals surface area contributed by atoms with E-state index in [1.807, 2.05) is 19.1 Å². The summed E-state index contributed by atoms with van der Waals surface area (Å²) >= 11 is 0. The number of carbonyl (C=O) groups excluding carboxylic acids is 2. The van der Waals surface area contributed by atoms with Gasteiger partial charge < -0.3 is 34.0 Å². The molecular weight excluding hydrogens is 464 g/mol. The lowest BCUT2D eigenvalue weighted by molar-refractivity contribution is -0.118. The van der Waals surface area contributed by atoms with Crippen LogP contribution in [0.3, 0.4) is 0 Å². The van der Waals surface area contributed by atoms with Crippen LogP contribution in [0.25, 0.3) is 6.08 Å². The summed E-state index contributed by atoms with van der Waals surface area (Å²) in [6.45, 7) is 1.94. The summed E-state index contributed by atoms with van der Waals surface area (Å²) in [7, 11) is 6.10. The summed E-state index contributed by atoms with van der Waals surface area (Å²) in [4.78, 5) is 26.4. The molecule has 190 valence electrons. The normalized spacial score (nSPS) is 11.9. The molecule has 0 spiro atoms. The Morgan fingerprint density at radius 2 is 1.53 bits per heavy atom. The van der Waals surface area contributed by atoms with Crippen molar-refractivity contribution in [3.05, 3.63) is 77.4 Å². The smallest absolute Gasteiger partial charge is 0.268 e. The van der Waals surface area contributed by atoms with E-state index in [1.54, 1.807) is 44.6 Å².